The van der Waals surface area contributed by atoms with Gasteiger partial charge in [-0.25, -0.2) is 28.1 Å². The fourth-order valence-corrected chi connectivity index (χ4v) is 2.89. The highest BCUT2D eigenvalue weighted by Gasteiger charge is 2.22. The molecule has 3 heterocycles. The largest absolute Gasteiger partial charge is 0.366 e. The Kier molecular flexibility index (Phi) is 4.30. The van der Waals surface area contributed by atoms with E-state index in [0.29, 0.717) is 17.2 Å². The molecule has 7 nitrogen and oxygen atoms in total. The monoisotopic (exact) mass is 386 g/mol. The third-order valence-electron chi connectivity index (χ3n) is 4.27. The maximum absolute atomic E-state index is 14.3. The minimum atomic E-state index is -2.74. The summed E-state index contributed by atoms with van der Waals surface area (Å²) in [6.45, 7) is 0. The van der Waals surface area contributed by atoms with Crippen LogP contribution in [0.3, 0.4) is 0 Å². The smallest absolute Gasteiger partial charge is 0.281 e. The van der Waals surface area contributed by atoms with Crippen LogP contribution >= 0.6 is 0 Å². The second kappa shape index (κ2) is 6.80. The van der Waals surface area contributed by atoms with Crippen molar-refractivity contribution in [3.8, 4) is 0 Å². The van der Waals surface area contributed by atoms with Crippen LogP contribution in [0.2, 0.25) is 0 Å². The molecule has 0 bridgehead atoms. The summed E-state index contributed by atoms with van der Waals surface area (Å²) in [6, 6.07) is 3.17. The SMILES string of the molecule is NC(=O)c1ccc(F)c(C2C=CN=C(c3cnc4cnc(C(F)F)cn34)N2)c1. The zero-order valence-electron chi connectivity index (χ0n) is 14.2. The molecule has 3 aromatic rings. The van der Waals surface area contributed by atoms with E-state index < -0.39 is 29.9 Å². The fourth-order valence-electron chi connectivity index (χ4n) is 2.89. The highest BCUT2D eigenvalue weighted by atomic mass is 19.3. The van der Waals surface area contributed by atoms with Gasteiger partial charge in [0.1, 0.15) is 17.2 Å². The van der Waals surface area contributed by atoms with Gasteiger partial charge in [-0.1, -0.05) is 0 Å². The van der Waals surface area contributed by atoms with Crippen molar-refractivity contribution in [2.75, 3.05) is 0 Å². The molecule has 0 spiro atoms. The number of benzene rings is 1. The van der Waals surface area contributed by atoms with Crippen LogP contribution in [0.1, 0.15) is 39.8 Å². The Labute approximate surface area is 156 Å². The molecule has 2 aromatic heterocycles. The molecule has 0 fully saturated rings. The number of nitrogens with two attached hydrogens (primary N) is 1. The average molecular weight is 386 g/mol. The lowest BCUT2D eigenvalue weighted by atomic mass is 10.0. The molecule has 10 heteroatoms. The number of nitrogens with one attached hydrogen (secondary N) is 1. The quantitative estimate of drug-likeness (QED) is 0.720. The number of aliphatic imine (C=N–C) groups is 1. The lowest BCUT2D eigenvalue weighted by Gasteiger charge is -2.21. The van der Waals surface area contributed by atoms with E-state index in [2.05, 4.69) is 20.3 Å². The third kappa shape index (κ3) is 3.08. The van der Waals surface area contributed by atoms with Crippen molar-refractivity contribution in [2.45, 2.75) is 12.5 Å². The number of alkyl halides is 2. The maximum Gasteiger partial charge on any atom is 0.281 e. The first-order chi connectivity index (χ1) is 13.4. The van der Waals surface area contributed by atoms with Gasteiger partial charge in [0.2, 0.25) is 5.91 Å². The van der Waals surface area contributed by atoms with Gasteiger partial charge in [0.05, 0.1) is 18.4 Å². The van der Waals surface area contributed by atoms with Crippen LogP contribution in [0.25, 0.3) is 5.65 Å². The predicted molar refractivity (Wildman–Crippen MR) is 94.4 cm³/mol. The van der Waals surface area contributed by atoms with E-state index >= 15 is 0 Å². The lowest BCUT2D eigenvalue weighted by Crippen LogP contribution is -2.31. The normalized spacial score (nSPS) is 16.3. The highest BCUT2D eigenvalue weighted by Crippen LogP contribution is 2.24. The first-order valence-corrected chi connectivity index (χ1v) is 8.16. The summed E-state index contributed by atoms with van der Waals surface area (Å²) in [6.07, 6.45) is 4.18. The second-order valence-corrected chi connectivity index (χ2v) is 6.03. The van der Waals surface area contributed by atoms with Crippen LogP contribution in [0, 0.1) is 5.82 Å². The topological polar surface area (TPSA) is 97.7 Å². The van der Waals surface area contributed by atoms with Crippen molar-refractivity contribution in [1.29, 1.82) is 0 Å². The van der Waals surface area contributed by atoms with E-state index in [1.807, 2.05) is 0 Å². The molecule has 1 aromatic carbocycles. The van der Waals surface area contributed by atoms with Gasteiger partial charge in [-0.15, -0.1) is 0 Å². The van der Waals surface area contributed by atoms with E-state index in [4.69, 9.17) is 5.73 Å². The number of aromatic nitrogens is 3. The number of primary amides is 1. The number of hydrogen-bond acceptors (Lipinski definition) is 5. The Morgan fingerprint density at radius 3 is 2.82 bits per heavy atom. The summed E-state index contributed by atoms with van der Waals surface area (Å²) < 4.78 is 41.7. The predicted octanol–water partition coefficient (Wildman–Crippen LogP) is 2.51. The zero-order valence-corrected chi connectivity index (χ0v) is 14.2. The number of halogens is 3. The summed E-state index contributed by atoms with van der Waals surface area (Å²) in [7, 11) is 0. The number of nitrogens with zero attached hydrogens (tertiary/aromatic N) is 4. The zero-order chi connectivity index (χ0) is 19.8. The van der Waals surface area contributed by atoms with Crippen molar-refractivity contribution in [1.82, 2.24) is 19.7 Å². The van der Waals surface area contributed by atoms with Crippen molar-refractivity contribution < 1.29 is 18.0 Å². The Morgan fingerprint density at radius 1 is 1.25 bits per heavy atom. The van der Waals surface area contributed by atoms with Gasteiger partial charge >= 0.3 is 0 Å². The molecule has 1 aliphatic heterocycles. The van der Waals surface area contributed by atoms with Gasteiger partial charge in [-0.2, -0.15) is 0 Å². The maximum atomic E-state index is 14.3. The second-order valence-electron chi connectivity index (χ2n) is 6.03. The molecular weight excluding hydrogens is 373 g/mol. The Balaban J connectivity index is 1.71. The van der Waals surface area contributed by atoms with Gasteiger partial charge in [0.25, 0.3) is 6.43 Å². The van der Waals surface area contributed by atoms with E-state index in [0.717, 1.165) is 6.07 Å². The number of carbonyl (C=O) groups excluding carboxylic acids is 1. The molecule has 1 aliphatic rings. The number of amides is 1. The summed E-state index contributed by atoms with van der Waals surface area (Å²) in [4.78, 5) is 23.4. The third-order valence-corrected chi connectivity index (χ3v) is 4.27. The van der Waals surface area contributed by atoms with Gasteiger partial charge in [0, 0.05) is 23.5 Å². The van der Waals surface area contributed by atoms with Crippen molar-refractivity contribution in [3.63, 3.8) is 0 Å². The molecule has 0 saturated heterocycles. The number of fused-ring (bicyclic) bond motifs is 1. The minimum absolute atomic E-state index is 0.165. The van der Waals surface area contributed by atoms with Crippen LogP contribution in [-0.2, 0) is 0 Å². The number of hydrogen-bond donors (Lipinski definition) is 2. The number of carbonyl (C=O) groups is 1. The van der Waals surface area contributed by atoms with Crippen LogP contribution in [0.4, 0.5) is 13.2 Å². The van der Waals surface area contributed by atoms with E-state index in [-0.39, 0.29) is 11.1 Å². The number of amidine groups is 1. The van der Waals surface area contributed by atoms with Gasteiger partial charge < -0.3 is 11.1 Å². The van der Waals surface area contributed by atoms with Gasteiger partial charge in [-0.3, -0.25) is 9.20 Å². The highest BCUT2D eigenvalue weighted by molar-refractivity contribution is 5.99. The molecule has 0 aliphatic carbocycles. The Hall–Kier alpha value is -3.69. The molecule has 28 heavy (non-hydrogen) atoms. The van der Waals surface area contributed by atoms with Crippen molar-refractivity contribution >= 4 is 17.4 Å². The first-order valence-electron chi connectivity index (χ1n) is 8.16. The summed E-state index contributed by atoms with van der Waals surface area (Å²) in [5, 5.41) is 3.02. The van der Waals surface area contributed by atoms with Crippen LogP contribution < -0.4 is 11.1 Å². The summed E-state index contributed by atoms with van der Waals surface area (Å²) in [5.74, 6) is -0.908. The van der Waals surface area contributed by atoms with Crippen molar-refractivity contribution in [2.24, 2.45) is 10.7 Å². The Morgan fingerprint density at radius 2 is 2.07 bits per heavy atom. The summed E-state index contributed by atoms with van der Waals surface area (Å²) in [5.41, 5.74) is 5.98. The molecule has 0 radical (unpaired) electrons. The lowest BCUT2D eigenvalue weighted by molar-refractivity contribution is 0.1000. The van der Waals surface area contributed by atoms with E-state index in [1.54, 1.807) is 6.08 Å². The van der Waals surface area contributed by atoms with Gasteiger partial charge in [0.15, 0.2) is 11.5 Å². The fraction of sp³-hybridized carbons (Fsp3) is 0.111. The van der Waals surface area contributed by atoms with Crippen LogP contribution in [0.5, 0.6) is 0 Å². The van der Waals surface area contributed by atoms with E-state index in [9.17, 15) is 18.0 Å². The average Bonchev–Trinajstić information content (AvgIpc) is 3.11. The molecule has 4 rings (SSSR count). The Bertz CT molecular complexity index is 1140. The first kappa shape index (κ1) is 17.7. The van der Waals surface area contributed by atoms with Crippen LogP contribution in [-0.4, -0.2) is 26.1 Å². The standard InChI is InChI=1S/C18H13F3N6O/c19-11-2-1-9(17(22)28)5-10(11)12-3-4-23-18(26-12)14-6-25-15-7-24-13(16(20)21)8-27(14)15/h1-8,12,16H,(H2,22,28)(H,23,26). The van der Waals surface area contributed by atoms with Crippen LogP contribution in [0.15, 0.2) is 54.1 Å². The molecule has 1 unspecified atom stereocenters. The molecule has 0 saturated carbocycles. The van der Waals surface area contributed by atoms with Crippen molar-refractivity contribution in [3.05, 3.63) is 77.4 Å². The van der Waals surface area contributed by atoms with E-state index in [1.165, 1.54) is 41.3 Å². The van der Waals surface area contributed by atoms with Gasteiger partial charge in [-0.05, 0) is 24.3 Å². The molecule has 1 amide bonds. The molecular formula is C18H13F3N6O. The molecule has 3 N–H and O–H groups in total. The number of imidazole rings is 1. The molecule has 1 atom stereocenters. The minimum Gasteiger partial charge on any atom is -0.366 e. The number of rotatable bonds is 4. The summed E-state index contributed by atoms with van der Waals surface area (Å²) >= 11 is 0. The molecule has 142 valence electrons.